The molecule has 1 saturated carbocycles. The van der Waals surface area contributed by atoms with Crippen LogP contribution in [-0.4, -0.2) is 15.4 Å². The minimum absolute atomic E-state index is 0.122. The van der Waals surface area contributed by atoms with Crippen molar-refractivity contribution >= 4 is 11.8 Å². The summed E-state index contributed by atoms with van der Waals surface area (Å²) in [5, 5.41) is 4.81. The van der Waals surface area contributed by atoms with Gasteiger partial charge >= 0.3 is 0 Å². The molecular formula is C13H23N3OS. The molecule has 0 radical (unpaired) electrons. The molecule has 0 saturated heterocycles. The molecule has 1 fully saturated rings. The summed E-state index contributed by atoms with van der Waals surface area (Å²) in [6, 6.07) is -0.122. The fourth-order valence-electron chi connectivity index (χ4n) is 2.33. The smallest absolute Gasteiger partial charge is 0.243 e. The fourth-order valence-corrected chi connectivity index (χ4v) is 3.50. The van der Waals surface area contributed by atoms with Gasteiger partial charge in [0.05, 0.1) is 11.8 Å². The largest absolute Gasteiger partial charge is 0.338 e. The molecule has 1 aliphatic carbocycles. The second kappa shape index (κ2) is 6.57. The molecule has 1 heterocycles. The first-order valence-electron chi connectivity index (χ1n) is 6.85. The normalized spacial score (nSPS) is 18.7. The maximum atomic E-state index is 6.02. The highest BCUT2D eigenvalue weighted by molar-refractivity contribution is 7.99. The quantitative estimate of drug-likeness (QED) is 0.858. The standard InChI is InChI=1S/C13H23N3OS/c1-9(2)7-11(14)13-15-12(16-17-13)8-18-10-5-3-4-6-10/h9-11H,3-8,14H2,1-2H3. The molecule has 2 rings (SSSR count). The van der Waals surface area contributed by atoms with Crippen LogP contribution in [0, 0.1) is 5.92 Å². The van der Waals surface area contributed by atoms with Crippen LogP contribution in [0.15, 0.2) is 4.52 Å². The van der Waals surface area contributed by atoms with Gasteiger partial charge in [-0.15, -0.1) is 0 Å². The van der Waals surface area contributed by atoms with Crippen molar-refractivity contribution in [2.45, 2.75) is 63.0 Å². The van der Waals surface area contributed by atoms with E-state index < -0.39 is 0 Å². The molecule has 0 bridgehead atoms. The van der Waals surface area contributed by atoms with Crippen molar-refractivity contribution in [2.75, 3.05) is 0 Å². The van der Waals surface area contributed by atoms with Crippen molar-refractivity contribution in [2.24, 2.45) is 11.7 Å². The first kappa shape index (κ1) is 13.9. The molecule has 18 heavy (non-hydrogen) atoms. The number of aromatic nitrogens is 2. The first-order chi connectivity index (χ1) is 8.65. The van der Waals surface area contributed by atoms with Gasteiger partial charge in [0, 0.05) is 5.25 Å². The lowest BCUT2D eigenvalue weighted by Crippen LogP contribution is -2.13. The molecule has 1 atom stereocenters. The average molecular weight is 269 g/mol. The van der Waals surface area contributed by atoms with Gasteiger partial charge in [-0.05, 0) is 25.2 Å². The van der Waals surface area contributed by atoms with Gasteiger partial charge in [-0.2, -0.15) is 16.7 Å². The van der Waals surface area contributed by atoms with E-state index in [1.807, 2.05) is 11.8 Å². The maximum Gasteiger partial charge on any atom is 0.243 e. The van der Waals surface area contributed by atoms with E-state index in [9.17, 15) is 0 Å². The Balaban J connectivity index is 1.81. The molecule has 102 valence electrons. The first-order valence-corrected chi connectivity index (χ1v) is 7.89. The van der Waals surface area contributed by atoms with E-state index in [4.69, 9.17) is 10.3 Å². The zero-order valence-corrected chi connectivity index (χ0v) is 12.1. The Kier molecular flexibility index (Phi) is 5.06. The molecular weight excluding hydrogens is 246 g/mol. The Labute approximate surface area is 113 Å². The van der Waals surface area contributed by atoms with Crippen LogP contribution in [0.5, 0.6) is 0 Å². The van der Waals surface area contributed by atoms with Crippen LogP contribution in [-0.2, 0) is 5.75 Å². The summed E-state index contributed by atoms with van der Waals surface area (Å²) in [6.07, 6.45) is 6.30. The summed E-state index contributed by atoms with van der Waals surface area (Å²) >= 11 is 1.95. The van der Waals surface area contributed by atoms with Crippen LogP contribution in [0.3, 0.4) is 0 Å². The van der Waals surface area contributed by atoms with E-state index in [1.165, 1.54) is 25.7 Å². The van der Waals surface area contributed by atoms with Gasteiger partial charge < -0.3 is 10.3 Å². The number of hydrogen-bond donors (Lipinski definition) is 1. The maximum absolute atomic E-state index is 6.02. The third-order valence-corrected chi connectivity index (χ3v) is 4.64. The van der Waals surface area contributed by atoms with E-state index in [0.29, 0.717) is 11.8 Å². The highest BCUT2D eigenvalue weighted by atomic mass is 32.2. The second-order valence-corrected chi connectivity index (χ2v) is 6.79. The Morgan fingerprint density at radius 2 is 2.11 bits per heavy atom. The number of nitrogens with two attached hydrogens (primary N) is 1. The number of rotatable bonds is 6. The van der Waals surface area contributed by atoms with Crippen LogP contribution in [0.2, 0.25) is 0 Å². The van der Waals surface area contributed by atoms with Gasteiger partial charge in [0.25, 0.3) is 0 Å². The summed E-state index contributed by atoms with van der Waals surface area (Å²) in [4.78, 5) is 4.40. The predicted molar refractivity (Wildman–Crippen MR) is 74.2 cm³/mol. The predicted octanol–water partition coefficient (Wildman–Crippen LogP) is 3.29. The van der Waals surface area contributed by atoms with Crippen molar-refractivity contribution in [3.05, 3.63) is 11.7 Å². The van der Waals surface area contributed by atoms with Crippen LogP contribution in [0.1, 0.15) is 63.7 Å². The topological polar surface area (TPSA) is 64.9 Å². The highest BCUT2D eigenvalue weighted by Gasteiger charge is 2.19. The minimum atomic E-state index is -0.122. The van der Waals surface area contributed by atoms with Crippen LogP contribution in [0.25, 0.3) is 0 Å². The SMILES string of the molecule is CC(C)CC(N)c1nc(CSC2CCCC2)no1. The summed E-state index contributed by atoms with van der Waals surface area (Å²) < 4.78 is 5.24. The Bertz CT molecular complexity index is 361. The molecule has 1 aromatic rings. The van der Waals surface area contributed by atoms with Gasteiger partial charge in [-0.3, -0.25) is 0 Å². The third kappa shape index (κ3) is 3.99. The van der Waals surface area contributed by atoms with Gasteiger partial charge in [0.1, 0.15) is 0 Å². The van der Waals surface area contributed by atoms with E-state index in [2.05, 4.69) is 24.0 Å². The monoisotopic (exact) mass is 269 g/mol. The molecule has 0 amide bonds. The molecule has 0 aromatic carbocycles. The van der Waals surface area contributed by atoms with E-state index in [0.717, 1.165) is 23.2 Å². The van der Waals surface area contributed by atoms with E-state index in [-0.39, 0.29) is 6.04 Å². The number of nitrogens with zero attached hydrogens (tertiary/aromatic N) is 2. The summed E-state index contributed by atoms with van der Waals surface area (Å²) in [5.74, 6) is 2.78. The lowest BCUT2D eigenvalue weighted by Gasteiger charge is -2.08. The summed E-state index contributed by atoms with van der Waals surface area (Å²) in [7, 11) is 0. The molecule has 5 heteroatoms. The van der Waals surface area contributed by atoms with Gasteiger partial charge in [0.2, 0.25) is 5.89 Å². The lowest BCUT2D eigenvalue weighted by molar-refractivity contribution is 0.333. The zero-order valence-electron chi connectivity index (χ0n) is 11.3. The zero-order chi connectivity index (χ0) is 13.0. The second-order valence-electron chi connectivity index (χ2n) is 5.50. The van der Waals surface area contributed by atoms with Crippen LogP contribution >= 0.6 is 11.8 Å². The van der Waals surface area contributed by atoms with Crippen molar-refractivity contribution in [3.8, 4) is 0 Å². The van der Waals surface area contributed by atoms with Crippen molar-refractivity contribution < 1.29 is 4.52 Å². The van der Waals surface area contributed by atoms with Crippen molar-refractivity contribution in [1.29, 1.82) is 0 Å². The van der Waals surface area contributed by atoms with Crippen molar-refractivity contribution in [1.82, 2.24) is 10.1 Å². The average Bonchev–Trinajstić information content (AvgIpc) is 2.97. The fraction of sp³-hybridized carbons (Fsp3) is 0.846. The molecule has 0 spiro atoms. The molecule has 1 unspecified atom stereocenters. The highest BCUT2D eigenvalue weighted by Crippen LogP contribution is 2.31. The van der Waals surface area contributed by atoms with E-state index >= 15 is 0 Å². The molecule has 1 aromatic heterocycles. The molecule has 2 N–H and O–H groups in total. The molecule has 4 nitrogen and oxygen atoms in total. The van der Waals surface area contributed by atoms with Gasteiger partial charge in [-0.1, -0.05) is 31.8 Å². The third-order valence-electron chi connectivity index (χ3n) is 3.28. The summed E-state index contributed by atoms with van der Waals surface area (Å²) in [5.41, 5.74) is 6.02. The van der Waals surface area contributed by atoms with Crippen molar-refractivity contribution in [3.63, 3.8) is 0 Å². The molecule has 0 aliphatic heterocycles. The van der Waals surface area contributed by atoms with Crippen LogP contribution in [0.4, 0.5) is 0 Å². The Morgan fingerprint density at radius 3 is 2.78 bits per heavy atom. The summed E-state index contributed by atoms with van der Waals surface area (Å²) in [6.45, 7) is 4.29. The lowest BCUT2D eigenvalue weighted by atomic mass is 10.0. The van der Waals surface area contributed by atoms with Gasteiger partial charge in [0.15, 0.2) is 5.82 Å². The Hall–Kier alpha value is -0.550. The van der Waals surface area contributed by atoms with E-state index in [1.54, 1.807) is 0 Å². The number of hydrogen-bond acceptors (Lipinski definition) is 5. The van der Waals surface area contributed by atoms with Gasteiger partial charge in [-0.25, -0.2) is 0 Å². The molecule has 1 aliphatic rings. The minimum Gasteiger partial charge on any atom is -0.338 e. The van der Waals surface area contributed by atoms with Crippen LogP contribution < -0.4 is 5.73 Å². The number of thioether (sulfide) groups is 1. The Morgan fingerprint density at radius 1 is 1.39 bits per heavy atom.